The minimum atomic E-state index is -0.0717. The van der Waals surface area contributed by atoms with E-state index < -0.39 is 0 Å². The van der Waals surface area contributed by atoms with Crippen LogP contribution in [0.4, 0.5) is 0 Å². The fourth-order valence-corrected chi connectivity index (χ4v) is 3.98. The van der Waals surface area contributed by atoms with Gasteiger partial charge in [0.1, 0.15) is 5.82 Å². The van der Waals surface area contributed by atoms with Crippen molar-refractivity contribution in [3.05, 3.63) is 28.5 Å². The van der Waals surface area contributed by atoms with Gasteiger partial charge in [-0.05, 0) is 43.4 Å². The van der Waals surface area contributed by atoms with E-state index in [0.717, 1.165) is 15.8 Å². The standard InChI is InChI=1S/C16H20BrClN2/c1-10(18)15-19-12-7-6-11(17)9-13(12)20(15)14-5-4-8-16(14,2)3/h6-7,9-10,14H,4-5,8H2,1-3H3. The summed E-state index contributed by atoms with van der Waals surface area (Å²) in [5.41, 5.74) is 2.54. The molecule has 1 aliphatic carbocycles. The Morgan fingerprint density at radius 2 is 2.20 bits per heavy atom. The lowest BCUT2D eigenvalue weighted by atomic mass is 9.87. The summed E-state index contributed by atoms with van der Waals surface area (Å²) in [5, 5.41) is -0.0717. The number of aromatic nitrogens is 2. The van der Waals surface area contributed by atoms with Gasteiger partial charge in [-0.3, -0.25) is 0 Å². The summed E-state index contributed by atoms with van der Waals surface area (Å²) in [7, 11) is 0. The van der Waals surface area contributed by atoms with E-state index in [4.69, 9.17) is 16.6 Å². The molecule has 2 aromatic rings. The SMILES string of the molecule is CC(Cl)c1nc2ccc(Br)cc2n1C1CCCC1(C)C. The van der Waals surface area contributed by atoms with Crippen molar-refractivity contribution in [1.29, 1.82) is 0 Å². The Kier molecular flexibility index (Phi) is 3.62. The predicted molar refractivity (Wildman–Crippen MR) is 88.4 cm³/mol. The number of alkyl halides is 1. The Labute approximate surface area is 133 Å². The lowest BCUT2D eigenvalue weighted by Gasteiger charge is -2.30. The largest absolute Gasteiger partial charge is 0.323 e. The van der Waals surface area contributed by atoms with Crippen molar-refractivity contribution in [2.45, 2.75) is 51.5 Å². The zero-order valence-electron chi connectivity index (χ0n) is 12.2. The van der Waals surface area contributed by atoms with Crippen LogP contribution in [0.15, 0.2) is 22.7 Å². The summed E-state index contributed by atoms with van der Waals surface area (Å²) in [6.07, 6.45) is 3.75. The average Bonchev–Trinajstić information content (AvgIpc) is 2.88. The molecule has 2 nitrogen and oxygen atoms in total. The second-order valence-electron chi connectivity index (χ2n) is 6.49. The van der Waals surface area contributed by atoms with E-state index in [2.05, 4.69) is 46.5 Å². The molecule has 0 radical (unpaired) electrons. The second-order valence-corrected chi connectivity index (χ2v) is 8.06. The van der Waals surface area contributed by atoms with E-state index >= 15 is 0 Å². The maximum atomic E-state index is 6.40. The second kappa shape index (κ2) is 5.03. The molecule has 1 fully saturated rings. The number of nitrogens with zero attached hydrogens (tertiary/aromatic N) is 2. The van der Waals surface area contributed by atoms with Gasteiger partial charge in [-0.15, -0.1) is 11.6 Å². The van der Waals surface area contributed by atoms with Crippen molar-refractivity contribution in [3.63, 3.8) is 0 Å². The van der Waals surface area contributed by atoms with Gasteiger partial charge < -0.3 is 4.57 Å². The van der Waals surface area contributed by atoms with Crippen LogP contribution in [0, 0.1) is 5.41 Å². The summed E-state index contributed by atoms with van der Waals surface area (Å²) in [4.78, 5) is 4.77. The first-order valence-electron chi connectivity index (χ1n) is 7.21. The Morgan fingerprint density at radius 1 is 1.45 bits per heavy atom. The molecule has 1 heterocycles. The molecule has 3 rings (SSSR count). The Hall–Kier alpha value is -0.540. The van der Waals surface area contributed by atoms with Crippen molar-refractivity contribution < 1.29 is 0 Å². The molecule has 20 heavy (non-hydrogen) atoms. The third-order valence-electron chi connectivity index (χ3n) is 4.55. The highest BCUT2D eigenvalue weighted by Crippen LogP contribution is 2.48. The molecular formula is C16H20BrClN2. The highest BCUT2D eigenvalue weighted by molar-refractivity contribution is 9.10. The number of imidazole rings is 1. The van der Waals surface area contributed by atoms with Gasteiger partial charge in [0.2, 0.25) is 0 Å². The van der Waals surface area contributed by atoms with Gasteiger partial charge in [0.25, 0.3) is 0 Å². The van der Waals surface area contributed by atoms with Crippen molar-refractivity contribution in [1.82, 2.24) is 9.55 Å². The molecule has 108 valence electrons. The first kappa shape index (κ1) is 14.4. The zero-order chi connectivity index (χ0) is 14.5. The van der Waals surface area contributed by atoms with Crippen molar-refractivity contribution >= 4 is 38.6 Å². The van der Waals surface area contributed by atoms with Crippen LogP contribution in [0.3, 0.4) is 0 Å². The maximum absolute atomic E-state index is 6.40. The van der Waals surface area contributed by atoms with E-state index in [0.29, 0.717) is 11.5 Å². The topological polar surface area (TPSA) is 17.8 Å². The summed E-state index contributed by atoms with van der Waals surface area (Å²) in [6, 6.07) is 6.76. The summed E-state index contributed by atoms with van der Waals surface area (Å²) >= 11 is 9.97. The van der Waals surface area contributed by atoms with Crippen LogP contribution in [0.2, 0.25) is 0 Å². The van der Waals surface area contributed by atoms with E-state index in [1.165, 1.54) is 24.8 Å². The molecule has 4 heteroatoms. The molecule has 2 atom stereocenters. The number of hydrogen-bond acceptors (Lipinski definition) is 1. The van der Waals surface area contributed by atoms with Crippen LogP contribution in [-0.2, 0) is 0 Å². The molecule has 0 aliphatic heterocycles. The van der Waals surface area contributed by atoms with Crippen LogP contribution in [0.1, 0.15) is 57.3 Å². The highest BCUT2D eigenvalue weighted by atomic mass is 79.9. The summed E-state index contributed by atoms with van der Waals surface area (Å²) in [5.74, 6) is 1.000. The molecule has 1 aliphatic rings. The lowest BCUT2D eigenvalue weighted by molar-refractivity contribution is 0.261. The van der Waals surface area contributed by atoms with Gasteiger partial charge in [0.05, 0.1) is 16.4 Å². The number of benzene rings is 1. The lowest BCUT2D eigenvalue weighted by Crippen LogP contribution is -2.23. The Morgan fingerprint density at radius 3 is 2.80 bits per heavy atom. The Balaban J connectivity index is 2.26. The molecular weight excluding hydrogens is 336 g/mol. The molecule has 0 saturated heterocycles. The van der Waals surface area contributed by atoms with Gasteiger partial charge in [0, 0.05) is 10.5 Å². The first-order valence-corrected chi connectivity index (χ1v) is 8.44. The average molecular weight is 356 g/mol. The van der Waals surface area contributed by atoms with E-state index in [1.54, 1.807) is 0 Å². The highest BCUT2D eigenvalue weighted by Gasteiger charge is 2.38. The normalized spacial score (nSPS) is 23.4. The third-order valence-corrected chi connectivity index (χ3v) is 5.24. The van der Waals surface area contributed by atoms with Gasteiger partial charge in [-0.25, -0.2) is 4.98 Å². The summed E-state index contributed by atoms with van der Waals surface area (Å²) < 4.78 is 3.49. The van der Waals surface area contributed by atoms with Crippen molar-refractivity contribution in [3.8, 4) is 0 Å². The van der Waals surface area contributed by atoms with Crippen molar-refractivity contribution in [2.75, 3.05) is 0 Å². The molecule has 1 aromatic heterocycles. The quantitative estimate of drug-likeness (QED) is 0.618. The van der Waals surface area contributed by atoms with E-state index in [-0.39, 0.29) is 5.38 Å². The van der Waals surface area contributed by atoms with E-state index in [9.17, 15) is 0 Å². The smallest absolute Gasteiger partial charge is 0.127 e. The molecule has 0 spiro atoms. The maximum Gasteiger partial charge on any atom is 0.127 e. The van der Waals surface area contributed by atoms with Crippen LogP contribution in [-0.4, -0.2) is 9.55 Å². The van der Waals surface area contributed by atoms with Crippen LogP contribution in [0.25, 0.3) is 11.0 Å². The molecule has 2 unspecified atom stereocenters. The molecule has 1 aromatic carbocycles. The van der Waals surface area contributed by atoms with Gasteiger partial charge >= 0.3 is 0 Å². The molecule has 0 amide bonds. The zero-order valence-corrected chi connectivity index (χ0v) is 14.5. The number of halogens is 2. The summed E-state index contributed by atoms with van der Waals surface area (Å²) in [6.45, 7) is 6.73. The van der Waals surface area contributed by atoms with Crippen LogP contribution >= 0.6 is 27.5 Å². The first-order chi connectivity index (χ1) is 9.40. The Bertz CT molecular complexity index is 645. The fraction of sp³-hybridized carbons (Fsp3) is 0.562. The number of hydrogen-bond donors (Lipinski definition) is 0. The monoisotopic (exact) mass is 354 g/mol. The van der Waals surface area contributed by atoms with Crippen LogP contribution < -0.4 is 0 Å². The van der Waals surface area contributed by atoms with Gasteiger partial charge in [-0.2, -0.15) is 0 Å². The fourth-order valence-electron chi connectivity index (χ4n) is 3.48. The van der Waals surface area contributed by atoms with Gasteiger partial charge in [-0.1, -0.05) is 36.2 Å². The predicted octanol–water partition coefficient (Wildman–Crippen LogP) is 5.85. The minimum Gasteiger partial charge on any atom is -0.323 e. The number of fused-ring (bicyclic) bond motifs is 1. The van der Waals surface area contributed by atoms with Crippen LogP contribution in [0.5, 0.6) is 0 Å². The third kappa shape index (κ3) is 2.29. The minimum absolute atomic E-state index is 0.0717. The molecule has 1 saturated carbocycles. The number of rotatable bonds is 2. The molecule has 0 N–H and O–H groups in total. The van der Waals surface area contributed by atoms with Crippen molar-refractivity contribution in [2.24, 2.45) is 5.41 Å². The van der Waals surface area contributed by atoms with E-state index in [1.807, 2.05) is 13.0 Å². The van der Waals surface area contributed by atoms with Gasteiger partial charge in [0.15, 0.2) is 0 Å². The molecule has 0 bridgehead atoms.